The van der Waals surface area contributed by atoms with Crippen LogP contribution < -0.4 is 5.73 Å². The maximum absolute atomic E-state index is 5.55. The summed E-state index contributed by atoms with van der Waals surface area (Å²) < 4.78 is 1.60. The molecule has 1 aliphatic heterocycles. The van der Waals surface area contributed by atoms with E-state index in [2.05, 4.69) is 39.6 Å². The molecule has 1 atom stereocenters. The van der Waals surface area contributed by atoms with Crippen LogP contribution in [-0.2, 0) is 0 Å². The molecule has 1 heterocycles. The molecule has 0 aliphatic carbocycles. The van der Waals surface area contributed by atoms with Gasteiger partial charge in [0.25, 0.3) is 0 Å². The molecular formula is C8H12I2N4. The van der Waals surface area contributed by atoms with Crippen LogP contribution >= 0.6 is 45.2 Å². The van der Waals surface area contributed by atoms with Gasteiger partial charge >= 0.3 is 0 Å². The van der Waals surface area contributed by atoms with Gasteiger partial charge in [0.2, 0.25) is 0 Å². The molecule has 2 N–H and O–H groups in total. The van der Waals surface area contributed by atoms with Gasteiger partial charge in [-0.15, -0.1) is 5.10 Å². The number of rotatable bonds is 2. The van der Waals surface area contributed by atoms with Crippen LogP contribution in [0.25, 0.3) is 0 Å². The number of allylic oxidation sites excluding steroid dienone is 1. The van der Waals surface area contributed by atoms with Gasteiger partial charge in [-0.25, -0.2) is 4.99 Å². The zero-order chi connectivity index (χ0) is 10.7. The first-order chi connectivity index (χ1) is 6.54. The van der Waals surface area contributed by atoms with E-state index in [-0.39, 0.29) is 6.04 Å². The largest absolute Gasteiger partial charge is 0.377 e. The van der Waals surface area contributed by atoms with E-state index in [4.69, 9.17) is 5.73 Å². The summed E-state index contributed by atoms with van der Waals surface area (Å²) in [5, 5.41) is 6.12. The lowest BCUT2D eigenvalue weighted by atomic mass is 10.2. The van der Waals surface area contributed by atoms with E-state index < -0.39 is 0 Å². The Balaban J connectivity index is 2.94. The van der Waals surface area contributed by atoms with E-state index in [0.717, 1.165) is 15.8 Å². The number of nitrogens with zero attached hydrogens (tertiary/aromatic N) is 3. The molecule has 0 saturated heterocycles. The number of hydrazone groups is 1. The Morgan fingerprint density at radius 1 is 1.79 bits per heavy atom. The first-order valence-electron chi connectivity index (χ1n) is 4.25. The molecule has 78 valence electrons. The molecule has 0 bridgehead atoms. The van der Waals surface area contributed by atoms with E-state index in [1.165, 1.54) is 0 Å². The molecule has 1 rings (SSSR count). The Morgan fingerprint density at radius 3 is 2.93 bits per heavy atom. The van der Waals surface area contributed by atoms with E-state index in [9.17, 15) is 0 Å². The highest BCUT2D eigenvalue weighted by Gasteiger charge is 2.21. The second-order valence-corrected chi connectivity index (χ2v) is 5.14. The summed E-state index contributed by atoms with van der Waals surface area (Å²) >= 11 is 4.25. The average Bonchev–Trinajstić information content (AvgIpc) is 2.01. The average molecular weight is 418 g/mol. The van der Waals surface area contributed by atoms with E-state index in [0.29, 0.717) is 3.84 Å². The van der Waals surface area contributed by atoms with Crippen molar-refractivity contribution in [3.63, 3.8) is 0 Å². The summed E-state index contributed by atoms with van der Waals surface area (Å²) in [6.45, 7) is 4.07. The quantitative estimate of drug-likeness (QED) is 0.324. The zero-order valence-electron chi connectivity index (χ0n) is 8.04. The summed E-state index contributed by atoms with van der Waals surface area (Å²) in [6.07, 6.45) is 2.89. The van der Waals surface area contributed by atoms with E-state index in [1.54, 1.807) is 0 Å². The van der Waals surface area contributed by atoms with Gasteiger partial charge in [-0.1, -0.05) is 6.92 Å². The predicted molar refractivity (Wildman–Crippen MR) is 76.8 cm³/mol. The Labute approximate surface area is 111 Å². The molecule has 0 fully saturated rings. The van der Waals surface area contributed by atoms with Gasteiger partial charge in [0.05, 0.1) is 11.7 Å². The lowest BCUT2D eigenvalue weighted by molar-refractivity contribution is 0.343. The van der Waals surface area contributed by atoms with Gasteiger partial charge in [0, 0.05) is 28.8 Å². The third kappa shape index (κ3) is 3.07. The summed E-state index contributed by atoms with van der Waals surface area (Å²) in [7, 11) is 0. The fourth-order valence-electron chi connectivity index (χ4n) is 1.23. The fraction of sp³-hybridized carbons (Fsp3) is 0.500. The lowest BCUT2D eigenvalue weighted by Gasteiger charge is -2.27. The smallest absolute Gasteiger partial charge is 0.181 e. The highest BCUT2D eigenvalue weighted by molar-refractivity contribution is 14.1. The molecule has 0 aromatic carbocycles. The van der Waals surface area contributed by atoms with Gasteiger partial charge < -0.3 is 5.73 Å². The summed E-state index contributed by atoms with van der Waals surface area (Å²) in [5.41, 5.74) is 6.51. The second-order valence-electron chi connectivity index (χ2n) is 2.93. The predicted octanol–water partition coefficient (Wildman–Crippen LogP) is 2.44. The maximum Gasteiger partial charge on any atom is 0.181 e. The van der Waals surface area contributed by atoms with Crippen molar-refractivity contribution in [2.75, 3.05) is 0 Å². The van der Waals surface area contributed by atoms with Gasteiger partial charge in [0.1, 0.15) is 3.72 Å². The van der Waals surface area contributed by atoms with E-state index in [1.807, 2.05) is 40.7 Å². The van der Waals surface area contributed by atoms with Crippen LogP contribution in [0.3, 0.4) is 0 Å². The van der Waals surface area contributed by atoms with Crippen LogP contribution in [0, 0.1) is 0 Å². The molecule has 0 saturated carbocycles. The van der Waals surface area contributed by atoms with Crippen molar-refractivity contribution in [3.05, 3.63) is 11.9 Å². The number of amidine groups is 1. The summed E-state index contributed by atoms with van der Waals surface area (Å²) in [4.78, 5) is 4.40. The number of nitrogens with two attached hydrogens (primary N) is 1. The van der Waals surface area contributed by atoms with Crippen LogP contribution in [0.15, 0.2) is 22.0 Å². The molecule has 0 spiro atoms. The topological polar surface area (TPSA) is 54.0 Å². The Kier molecular flexibility index (Phi) is 4.61. The van der Waals surface area contributed by atoms with Crippen LogP contribution in [0.4, 0.5) is 0 Å². The Hall–Kier alpha value is 0.140. The summed E-state index contributed by atoms with van der Waals surface area (Å²) in [6, 6.07) is 0.229. The number of hydrogen-bond acceptors (Lipinski definition) is 3. The second kappa shape index (κ2) is 5.29. The number of hydrogen-bond donors (Lipinski definition) is 1. The van der Waals surface area contributed by atoms with Crippen molar-refractivity contribution >= 4 is 52.7 Å². The molecular weight excluding hydrogens is 406 g/mol. The minimum absolute atomic E-state index is 0.229. The van der Waals surface area contributed by atoms with Crippen molar-refractivity contribution in [2.24, 2.45) is 15.8 Å². The molecule has 0 aromatic rings. The van der Waals surface area contributed by atoms with Crippen LogP contribution in [0.2, 0.25) is 0 Å². The number of halogens is 2. The molecule has 4 nitrogen and oxygen atoms in total. The third-order valence-electron chi connectivity index (χ3n) is 1.79. The van der Waals surface area contributed by atoms with E-state index >= 15 is 0 Å². The van der Waals surface area contributed by atoms with Crippen LogP contribution in [0.5, 0.6) is 0 Å². The first-order valence-corrected chi connectivity index (χ1v) is 6.40. The molecule has 14 heavy (non-hydrogen) atoms. The number of aliphatic imine (C=N–C) groups is 1. The van der Waals surface area contributed by atoms with Gasteiger partial charge in [0.15, 0.2) is 3.84 Å². The SMILES string of the molecule is CCC1C(I)=NC(C)=CN1/N=C(\N)I. The van der Waals surface area contributed by atoms with Crippen LogP contribution in [-0.4, -0.2) is 18.6 Å². The van der Waals surface area contributed by atoms with Crippen molar-refractivity contribution in [1.29, 1.82) is 0 Å². The van der Waals surface area contributed by atoms with Gasteiger partial charge in [-0.05, 0) is 35.9 Å². The standard InChI is InChI=1S/C8H12I2N4/c1-3-6-7(9)12-5(2)4-14(6)13-8(10)11/h4,6H,3H2,1-2H3,(H2,11,13). The normalized spacial score (nSPS) is 23.3. The minimum atomic E-state index is 0.229. The molecule has 1 aliphatic rings. The van der Waals surface area contributed by atoms with Crippen molar-refractivity contribution in [3.8, 4) is 0 Å². The molecule has 0 radical (unpaired) electrons. The minimum Gasteiger partial charge on any atom is -0.377 e. The molecule has 0 amide bonds. The van der Waals surface area contributed by atoms with Gasteiger partial charge in [-0.3, -0.25) is 5.01 Å². The first kappa shape index (κ1) is 12.2. The highest BCUT2D eigenvalue weighted by atomic mass is 127. The maximum atomic E-state index is 5.55. The monoisotopic (exact) mass is 418 g/mol. The lowest BCUT2D eigenvalue weighted by Crippen LogP contribution is -2.34. The molecule has 6 heteroatoms. The molecule has 1 unspecified atom stereocenters. The third-order valence-corrected chi connectivity index (χ3v) is 2.97. The van der Waals surface area contributed by atoms with Crippen molar-refractivity contribution in [1.82, 2.24) is 5.01 Å². The van der Waals surface area contributed by atoms with Crippen molar-refractivity contribution in [2.45, 2.75) is 26.3 Å². The Bertz CT molecular complexity index is 304. The summed E-state index contributed by atoms with van der Waals surface area (Å²) in [5.74, 6) is 0. The fourth-order valence-corrected chi connectivity index (χ4v) is 2.58. The highest BCUT2D eigenvalue weighted by Crippen LogP contribution is 2.20. The van der Waals surface area contributed by atoms with Gasteiger partial charge in [-0.2, -0.15) is 0 Å². The molecule has 0 aromatic heterocycles. The zero-order valence-corrected chi connectivity index (χ0v) is 12.4. The Morgan fingerprint density at radius 2 is 2.43 bits per heavy atom. The van der Waals surface area contributed by atoms with Crippen molar-refractivity contribution < 1.29 is 0 Å². The van der Waals surface area contributed by atoms with Crippen LogP contribution in [0.1, 0.15) is 20.3 Å².